The fourth-order valence-corrected chi connectivity index (χ4v) is 3.23. The maximum Gasteiger partial charge on any atom is 0.335 e. The van der Waals surface area contributed by atoms with E-state index in [1.54, 1.807) is 6.92 Å². The maximum atomic E-state index is 12.2. The first-order valence-electron chi connectivity index (χ1n) is 6.79. The molecule has 0 bridgehead atoms. The average molecular weight is 329 g/mol. The van der Waals surface area contributed by atoms with Crippen molar-refractivity contribution in [1.82, 2.24) is 4.72 Å². The summed E-state index contributed by atoms with van der Waals surface area (Å²) in [4.78, 5) is 21.2. The minimum absolute atomic E-state index is 0.0575. The van der Waals surface area contributed by atoms with Gasteiger partial charge in [0.05, 0.1) is 10.5 Å². The van der Waals surface area contributed by atoms with Crippen molar-refractivity contribution in [3.63, 3.8) is 0 Å². The second kappa shape index (κ2) is 7.90. The molecule has 0 heterocycles. The largest absolute Gasteiger partial charge is 0.481 e. The Morgan fingerprint density at radius 3 is 2.41 bits per heavy atom. The molecule has 0 fully saturated rings. The molecule has 8 heteroatoms. The Bertz CT molecular complexity index is 653. The molecule has 3 N–H and O–H groups in total. The molecule has 0 radical (unpaired) electrons. The van der Waals surface area contributed by atoms with Gasteiger partial charge in [-0.2, -0.15) is 0 Å². The lowest BCUT2D eigenvalue weighted by atomic mass is 10.1. The zero-order chi connectivity index (χ0) is 16.8. The molecule has 0 aliphatic rings. The SMILES string of the molecule is Cc1ccc(C(=O)O)cc1S(=O)(=O)NCCCCCC(=O)O. The van der Waals surface area contributed by atoms with Crippen LogP contribution in [-0.4, -0.2) is 37.1 Å². The van der Waals surface area contributed by atoms with E-state index in [0.29, 0.717) is 24.8 Å². The Morgan fingerprint density at radius 1 is 1.14 bits per heavy atom. The van der Waals surface area contributed by atoms with Crippen LogP contribution in [0.3, 0.4) is 0 Å². The number of unbranched alkanes of at least 4 members (excludes halogenated alkanes) is 2. The van der Waals surface area contributed by atoms with E-state index in [4.69, 9.17) is 10.2 Å². The Kier molecular flexibility index (Phi) is 6.51. The van der Waals surface area contributed by atoms with Crippen molar-refractivity contribution in [3.05, 3.63) is 29.3 Å². The second-order valence-electron chi connectivity index (χ2n) is 4.89. The molecule has 0 aliphatic carbocycles. The molecule has 1 aromatic rings. The van der Waals surface area contributed by atoms with Crippen LogP contribution in [0.15, 0.2) is 23.1 Å². The summed E-state index contributed by atoms with van der Waals surface area (Å²) >= 11 is 0. The van der Waals surface area contributed by atoms with Crippen molar-refractivity contribution in [2.45, 2.75) is 37.5 Å². The molecule has 0 unspecified atom stereocenters. The Balaban J connectivity index is 2.65. The Morgan fingerprint density at radius 2 is 1.82 bits per heavy atom. The highest BCUT2D eigenvalue weighted by molar-refractivity contribution is 7.89. The maximum absolute atomic E-state index is 12.2. The standard InChI is InChI=1S/C14H19NO6S/c1-10-6-7-11(14(18)19)9-12(10)22(20,21)15-8-4-2-3-5-13(16)17/h6-7,9,15H,2-5,8H2,1H3,(H,16,17)(H,18,19). The fourth-order valence-electron chi connectivity index (χ4n) is 1.88. The number of aromatic carboxylic acids is 1. The smallest absolute Gasteiger partial charge is 0.335 e. The monoisotopic (exact) mass is 329 g/mol. The molecule has 122 valence electrons. The van der Waals surface area contributed by atoms with Crippen molar-refractivity contribution in [3.8, 4) is 0 Å². The van der Waals surface area contributed by atoms with Crippen LogP contribution in [0.1, 0.15) is 41.6 Å². The van der Waals surface area contributed by atoms with Gasteiger partial charge >= 0.3 is 11.9 Å². The Hall–Kier alpha value is -1.93. The van der Waals surface area contributed by atoms with E-state index in [2.05, 4.69) is 4.72 Å². The summed E-state index contributed by atoms with van der Waals surface area (Å²) in [6, 6.07) is 3.93. The quantitative estimate of drug-likeness (QED) is 0.592. The van der Waals surface area contributed by atoms with Crippen molar-refractivity contribution in [2.75, 3.05) is 6.54 Å². The third-order valence-corrected chi connectivity index (χ3v) is 4.69. The number of carboxylic acids is 2. The highest BCUT2D eigenvalue weighted by Gasteiger charge is 2.18. The van der Waals surface area contributed by atoms with Crippen LogP contribution in [0.5, 0.6) is 0 Å². The molecule has 0 spiro atoms. The number of aryl methyl sites for hydroxylation is 1. The van der Waals surface area contributed by atoms with Gasteiger partial charge in [0, 0.05) is 13.0 Å². The Labute approximate surface area is 129 Å². The summed E-state index contributed by atoms with van der Waals surface area (Å²) in [7, 11) is -3.78. The van der Waals surface area contributed by atoms with Gasteiger partial charge in [0.15, 0.2) is 0 Å². The van der Waals surface area contributed by atoms with Crippen LogP contribution in [0.4, 0.5) is 0 Å². The third-order valence-electron chi connectivity index (χ3n) is 3.08. The molecule has 7 nitrogen and oxygen atoms in total. The molecule has 0 amide bonds. The molecular weight excluding hydrogens is 310 g/mol. The number of hydrogen-bond donors (Lipinski definition) is 3. The van der Waals surface area contributed by atoms with Gasteiger partial charge in [-0.15, -0.1) is 0 Å². The minimum Gasteiger partial charge on any atom is -0.481 e. The zero-order valence-corrected chi connectivity index (χ0v) is 13.0. The van der Waals surface area contributed by atoms with Crippen molar-refractivity contribution in [2.24, 2.45) is 0 Å². The third kappa shape index (κ3) is 5.45. The van der Waals surface area contributed by atoms with E-state index in [1.807, 2.05) is 0 Å². The minimum atomic E-state index is -3.78. The van der Waals surface area contributed by atoms with E-state index < -0.39 is 22.0 Å². The van der Waals surface area contributed by atoms with Crippen LogP contribution in [0.25, 0.3) is 0 Å². The molecular formula is C14H19NO6S. The highest BCUT2D eigenvalue weighted by Crippen LogP contribution is 2.17. The predicted molar refractivity (Wildman–Crippen MR) is 79.4 cm³/mol. The summed E-state index contributed by atoms with van der Waals surface area (Å²) in [5.74, 6) is -2.06. The highest BCUT2D eigenvalue weighted by atomic mass is 32.2. The van der Waals surface area contributed by atoms with Gasteiger partial charge in [0.25, 0.3) is 0 Å². The van der Waals surface area contributed by atoms with Gasteiger partial charge in [0.2, 0.25) is 10.0 Å². The normalized spacial score (nSPS) is 11.3. The summed E-state index contributed by atoms with van der Waals surface area (Å²) in [5, 5.41) is 17.4. The van der Waals surface area contributed by atoms with E-state index >= 15 is 0 Å². The van der Waals surface area contributed by atoms with Crippen molar-refractivity contribution < 1.29 is 28.2 Å². The van der Waals surface area contributed by atoms with Gasteiger partial charge in [0.1, 0.15) is 0 Å². The predicted octanol–water partition coefficient (Wildman–Crippen LogP) is 1.62. The molecule has 1 rings (SSSR count). The molecule has 0 saturated heterocycles. The van der Waals surface area contributed by atoms with Gasteiger partial charge < -0.3 is 10.2 Å². The second-order valence-corrected chi connectivity index (χ2v) is 6.62. The first kappa shape index (κ1) is 18.1. The van der Waals surface area contributed by atoms with Crippen LogP contribution < -0.4 is 4.72 Å². The van der Waals surface area contributed by atoms with Crippen molar-refractivity contribution >= 4 is 22.0 Å². The first-order chi connectivity index (χ1) is 10.2. The molecule has 0 saturated carbocycles. The summed E-state index contributed by atoms with van der Waals surface area (Å²) < 4.78 is 26.7. The average Bonchev–Trinajstić information content (AvgIpc) is 2.42. The number of sulfonamides is 1. The number of hydrogen-bond acceptors (Lipinski definition) is 4. The van der Waals surface area contributed by atoms with Gasteiger partial charge in [-0.25, -0.2) is 17.9 Å². The van der Waals surface area contributed by atoms with Crippen molar-refractivity contribution in [1.29, 1.82) is 0 Å². The van der Waals surface area contributed by atoms with Crippen LogP contribution >= 0.6 is 0 Å². The lowest BCUT2D eigenvalue weighted by Gasteiger charge is -2.10. The van der Waals surface area contributed by atoms with E-state index in [1.165, 1.54) is 12.1 Å². The van der Waals surface area contributed by atoms with E-state index in [0.717, 1.165) is 6.07 Å². The van der Waals surface area contributed by atoms with Gasteiger partial charge in [-0.05, 0) is 37.5 Å². The summed E-state index contributed by atoms with van der Waals surface area (Å²) in [5.41, 5.74) is 0.371. The number of benzene rings is 1. The first-order valence-corrected chi connectivity index (χ1v) is 8.28. The lowest BCUT2D eigenvalue weighted by molar-refractivity contribution is -0.137. The van der Waals surface area contributed by atoms with Gasteiger partial charge in [-0.1, -0.05) is 12.5 Å². The molecule has 0 atom stereocenters. The molecule has 0 aliphatic heterocycles. The van der Waals surface area contributed by atoms with Crippen LogP contribution in [0, 0.1) is 6.92 Å². The fraction of sp³-hybridized carbons (Fsp3) is 0.429. The van der Waals surface area contributed by atoms with Crippen LogP contribution in [0.2, 0.25) is 0 Å². The number of rotatable bonds is 9. The molecule has 22 heavy (non-hydrogen) atoms. The number of aliphatic carboxylic acids is 1. The van der Waals surface area contributed by atoms with Gasteiger partial charge in [-0.3, -0.25) is 4.79 Å². The van der Waals surface area contributed by atoms with Crippen LogP contribution in [-0.2, 0) is 14.8 Å². The summed E-state index contributed by atoms with van der Waals surface area (Å²) in [6.07, 6.45) is 1.67. The lowest BCUT2D eigenvalue weighted by Crippen LogP contribution is -2.25. The zero-order valence-electron chi connectivity index (χ0n) is 12.2. The number of carbonyl (C=O) groups is 2. The molecule has 0 aromatic heterocycles. The van der Waals surface area contributed by atoms with E-state index in [-0.39, 0.29) is 23.4 Å². The summed E-state index contributed by atoms with van der Waals surface area (Å²) in [6.45, 7) is 1.77. The number of carboxylic acid groups (broad SMARTS) is 2. The van der Waals surface area contributed by atoms with E-state index in [9.17, 15) is 18.0 Å². The molecule has 1 aromatic carbocycles. The topological polar surface area (TPSA) is 121 Å². The number of nitrogens with one attached hydrogen (secondary N) is 1.